The van der Waals surface area contributed by atoms with Crippen LogP contribution in [0, 0.1) is 5.92 Å². The number of benzene rings is 1. The summed E-state index contributed by atoms with van der Waals surface area (Å²) < 4.78 is 17.6. The van der Waals surface area contributed by atoms with Crippen LogP contribution >= 0.6 is 0 Å². The molecule has 2 heterocycles. The minimum absolute atomic E-state index is 0.0696. The number of hydrogen-bond donors (Lipinski definition) is 0. The van der Waals surface area contributed by atoms with Gasteiger partial charge in [0.05, 0.1) is 24.1 Å². The van der Waals surface area contributed by atoms with Crippen molar-refractivity contribution in [2.75, 3.05) is 19.8 Å². The zero-order chi connectivity index (χ0) is 21.3. The lowest BCUT2D eigenvalue weighted by atomic mass is 9.77. The molecule has 1 aromatic rings. The monoisotopic (exact) mass is 411 g/mol. The molecule has 3 unspecified atom stereocenters. The maximum atomic E-state index is 13.5. The molecule has 6 heteroatoms. The molecular formula is C24H29NO5. The van der Waals surface area contributed by atoms with E-state index in [4.69, 9.17) is 14.2 Å². The molecule has 2 aliphatic heterocycles. The molecule has 1 saturated carbocycles. The molecule has 160 valence electrons. The minimum atomic E-state index is -0.458. The van der Waals surface area contributed by atoms with Crippen molar-refractivity contribution in [3.05, 3.63) is 47.7 Å². The number of carbonyl (C=O) groups excluding carboxylic acids is 2. The van der Waals surface area contributed by atoms with Gasteiger partial charge in [-0.1, -0.05) is 25.1 Å². The first-order chi connectivity index (χ1) is 14.6. The maximum absolute atomic E-state index is 13.5. The number of amides is 1. The van der Waals surface area contributed by atoms with E-state index < -0.39 is 6.04 Å². The predicted octanol–water partition coefficient (Wildman–Crippen LogP) is 3.97. The molecule has 3 atom stereocenters. The van der Waals surface area contributed by atoms with Crippen molar-refractivity contribution in [1.82, 2.24) is 4.90 Å². The Morgan fingerprint density at radius 3 is 2.70 bits per heavy atom. The SMILES string of the molecule is C=CCOc1ccc(C2C3=C(OC4CCCCC4C3=O)C(=O)N2CC)cc1OCC. The van der Waals surface area contributed by atoms with Crippen LogP contribution in [0.1, 0.15) is 51.1 Å². The van der Waals surface area contributed by atoms with Gasteiger partial charge in [-0.25, -0.2) is 0 Å². The Morgan fingerprint density at radius 1 is 1.17 bits per heavy atom. The summed E-state index contributed by atoms with van der Waals surface area (Å²) >= 11 is 0. The highest BCUT2D eigenvalue weighted by Crippen LogP contribution is 2.47. The zero-order valence-corrected chi connectivity index (χ0v) is 17.7. The molecule has 0 bridgehead atoms. The second-order valence-electron chi connectivity index (χ2n) is 7.89. The van der Waals surface area contributed by atoms with Gasteiger partial charge < -0.3 is 19.1 Å². The van der Waals surface area contributed by atoms with Gasteiger partial charge in [0.25, 0.3) is 5.91 Å². The molecule has 1 fully saturated rings. The number of ether oxygens (including phenoxy) is 3. The normalized spacial score (nSPS) is 25.5. The predicted molar refractivity (Wildman–Crippen MR) is 112 cm³/mol. The summed E-state index contributed by atoms with van der Waals surface area (Å²) in [4.78, 5) is 28.3. The first-order valence-electron chi connectivity index (χ1n) is 10.9. The van der Waals surface area contributed by atoms with Crippen molar-refractivity contribution >= 4 is 11.7 Å². The van der Waals surface area contributed by atoms with Crippen LogP contribution in [-0.2, 0) is 14.3 Å². The van der Waals surface area contributed by atoms with Gasteiger partial charge in [-0.05, 0) is 50.8 Å². The van der Waals surface area contributed by atoms with E-state index in [0.29, 0.717) is 36.8 Å². The second kappa shape index (κ2) is 8.54. The van der Waals surface area contributed by atoms with Crippen LogP contribution in [0.25, 0.3) is 0 Å². The number of nitrogens with zero attached hydrogens (tertiary/aromatic N) is 1. The van der Waals surface area contributed by atoms with Crippen LogP contribution in [-0.4, -0.2) is 42.5 Å². The maximum Gasteiger partial charge on any atom is 0.290 e. The third kappa shape index (κ3) is 3.38. The molecule has 1 aliphatic carbocycles. The molecule has 0 saturated heterocycles. The molecule has 0 spiro atoms. The average Bonchev–Trinajstić information content (AvgIpc) is 3.05. The van der Waals surface area contributed by atoms with Crippen LogP contribution in [0.3, 0.4) is 0 Å². The zero-order valence-electron chi connectivity index (χ0n) is 17.7. The number of ketones is 1. The lowest BCUT2D eigenvalue weighted by Gasteiger charge is -2.35. The van der Waals surface area contributed by atoms with Crippen LogP contribution in [0.2, 0.25) is 0 Å². The van der Waals surface area contributed by atoms with Gasteiger partial charge in [-0.3, -0.25) is 9.59 Å². The van der Waals surface area contributed by atoms with Crippen LogP contribution in [0.15, 0.2) is 42.2 Å². The molecule has 0 aromatic heterocycles. The fraction of sp³-hybridized carbons (Fsp3) is 0.500. The Bertz CT molecular complexity index is 890. The summed E-state index contributed by atoms with van der Waals surface area (Å²) in [5.41, 5.74) is 1.34. The standard InChI is InChI=1S/C24H29NO5/c1-4-13-29-18-12-11-15(14-19(18)28-6-3)21-20-22(26)16-9-7-8-10-17(16)30-23(20)24(27)25(21)5-2/h4,11-12,14,16-17,21H,1,5-10,13H2,2-3H3. The van der Waals surface area contributed by atoms with E-state index >= 15 is 0 Å². The fourth-order valence-electron chi connectivity index (χ4n) is 4.80. The van der Waals surface area contributed by atoms with E-state index in [1.54, 1.807) is 11.0 Å². The molecule has 3 aliphatic rings. The highest BCUT2D eigenvalue weighted by atomic mass is 16.5. The van der Waals surface area contributed by atoms with Crippen LogP contribution in [0.4, 0.5) is 0 Å². The van der Waals surface area contributed by atoms with Crippen molar-refractivity contribution < 1.29 is 23.8 Å². The average molecular weight is 411 g/mol. The summed E-state index contributed by atoms with van der Waals surface area (Å²) in [6.45, 7) is 8.85. The first kappa shape index (κ1) is 20.5. The van der Waals surface area contributed by atoms with Crippen LogP contribution < -0.4 is 9.47 Å². The fourth-order valence-corrected chi connectivity index (χ4v) is 4.80. The lowest BCUT2D eigenvalue weighted by Crippen LogP contribution is -2.39. The highest BCUT2D eigenvalue weighted by Gasteiger charge is 2.51. The summed E-state index contributed by atoms with van der Waals surface area (Å²) in [6.07, 6.45) is 5.23. The molecule has 0 radical (unpaired) electrons. The Morgan fingerprint density at radius 2 is 1.97 bits per heavy atom. The van der Waals surface area contributed by atoms with E-state index in [-0.39, 0.29) is 29.5 Å². The van der Waals surface area contributed by atoms with Crippen molar-refractivity contribution in [3.8, 4) is 11.5 Å². The summed E-state index contributed by atoms with van der Waals surface area (Å²) in [5.74, 6) is 1.18. The molecule has 4 rings (SSSR count). The lowest BCUT2D eigenvalue weighted by molar-refractivity contribution is -0.135. The van der Waals surface area contributed by atoms with Crippen molar-refractivity contribution in [2.24, 2.45) is 5.92 Å². The Kier molecular flexibility index (Phi) is 5.84. The summed E-state index contributed by atoms with van der Waals surface area (Å²) in [6, 6.07) is 5.15. The molecular weight excluding hydrogens is 382 g/mol. The first-order valence-corrected chi connectivity index (χ1v) is 10.9. The molecule has 6 nitrogen and oxygen atoms in total. The molecule has 1 amide bonds. The second-order valence-corrected chi connectivity index (χ2v) is 7.89. The van der Waals surface area contributed by atoms with Gasteiger partial charge in [-0.2, -0.15) is 0 Å². The van der Waals surface area contributed by atoms with E-state index in [0.717, 1.165) is 31.2 Å². The van der Waals surface area contributed by atoms with Crippen molar-refractivity contribution in [3.63, 3.8) is 0 Å². The van der Waals surface area contributed by atoms with Gasteiger partial charge in [-0.15, -0.1) is 0 Å². The van der Waals surface area contributed by atoms with Gasteiger partial charge in [0.1, 0.15) is 12.7 Å². The minimum Gasteiger partial charge on any atom is -0.490 e. The number of fused-ring (bicyclic) bond motifs is 1. The Balaban J connectivity index is 1.75. The topological polar surface area (TPSA) is 65.1 Å². The van der Waals surface area contributed by atoms with Crippen molar-refractivity contribution in [2.45, 2.75) is 51.7 Å². The van der Waals surface area contributed by atoms with Gasteiger partial charge in [0.15, 0.2) is 23.0 Å². The molecule has 1 aromatic carbocycles. The smallest absolute Gasteiger partial charge is 0.290 e. The van der Waals surface area contributed by atoms with Gasteiger partial charge >= 0.3 is 0 Å². The summed E-state index contributed by atoms with van der Waals surface area (Å²) in [5, 5.41) is 0. The molecule has 0 N–H and O–H groups in total. The third-order valence-electron chi connectivity index (χ3n) is 6.14. The number of Topliss-reactive ketones (excluding diaryl/α,β-unsaturated/α-hetero) is 1. The third-order valence-corrected chi connectivity index (χ3v) is 6.14. The van der Waals surface area contributed by atoms with E-state index in [1.165, 1.54) is 0 Å². The number of likely N-dealkylation sites (N-methyl/N-ethyl adjacent to an activating group) is 1. The summed E-state index contributed by atoms with van der Waals surface area (Å²) in [7, 11) is 0. The number of carbonyl (C=O) groups is 2. The quantitative estimate of drug-likeness (QED) is 0.636. The van der Waals surface area contributed by atoms with E-state index in [2.05, 4.69) is 6.58 Å². The number of hydrogen-bond acceptors (Lipinski definition) is 5. The van der Waals surface area contributed by atoms with E-state index in [1.807, 2.05) is 32.0 Å². The molecule has 30 heavy (non-hydrogen) atoms. The Labute approximate surface area is 177 Å². The van der Waals surface area contributed by atoms with Crippen molar-refractivity contribution in [1.29, 1.82) is 0 Å². The Hall–Kier alpha value is -2.76. The van der Waals surface area contributed by atoms with Crippen LogP contribution in [0.5, 0.6) is 11.5 Å². The largest absolute Gasteiger partial charge is 0.490 e. The van der Waals surface area contributed by atoms with Gasteiger partial charge in [0.2, 0.25) is 0 Å². The van der Waals surface area contributed by atoms with Gasteiger partial charge in [0, 0.05) is 6.54 Å². The number of rotatable bonds is 7. The van der Waals surface area contributed by atoms with E-state index in [9.17, 15) is 9.59 Å². The highest BCUT2D eigenvalue weighted by molar-refractivity contribution is 6.11.